The molecule has 21 heavy (non-hydrogen) atoms. The highest BCUT2D eigenvalue weighted by Gasteiger charge is 2.55. The summed E-state index contributed by atoms with van der Waals surface area (Å²) < 4.78 is 44.3. The Balaban J connectivity index is 1.89. The van der Waals surface area contributed by atoms with Crippen molar-refractivity contribution >= 4 is 7.60 Å². The quantitative estimate of drug-likeness (QED) is 0.702. The smallest absolute Gasteiger partial charge is 0.356 e. The largest absolute Gasteiger partial charge is 0.385 e. The van der Waals surface area contributed by atoms with Crippen molar-refractivity contribution in [3.63, 3.8) is 0 Å². The molecule has 124 valence electrons. The topological polar surface area (TPSA) is 92.7 Å². The number of rotatable bonds is 7. The highest BCUT2D eigenvalue weighted by molar-refractivity contribution is 7.53. The Bertz CT molecular complexity index is 391. The second kappa shape index (κ2) is 6.60. The lowest BCUT2D eigenvalue weighted by Crippen LogP contribution is -2.36. The minimum absolute atomic E-state index is 0.236. The van der Waals surface area contributed by atoms with Gasteiger partial charge in [-0.1, -0.05) is 0 Å². The third kappa shape index (κ3) is 4.03. The Morgan fingerprint density at radius 1 is 1.19 bits per heavy atom. The molecule has 0 bridgehead atoms. The van der Waals surface area contributed by atoms with Crippen LogP contribution in [-0.4, -0.2) is 55.2 Å². The van der Waals surface area contributed by atoms with Crippen LogP contribution in [-0.2, 0) is 32.6 Å². The SMILES string of the molecule is CCOP(=O)(CO[C@H]1O[C@H]2OC(C)(C)O[C@H]2C1O)OCC. The molecule has 1 N–H and O–H groups in total. The van der Waals surface area contributed by atoms with E-state index in [1.807, 2.05) is 0 Å². The molecule has 0 spiro atoms. The highest BCUT2D eigenvalue weighted by atomic mass is 31.2. The van der Waals surface area contributed by atoms with E-state index < -0.39 is 38.2 Å². The van der Waals surface area contributed by atoms with Gasteiger partial charge in [-0.05, 0) is 27.7 Å². The molecule has 0 amide bonds. The first kappa shape index (κ1) is 17.3. The van der Waals surface area contributed by atoms with Crippen LogP contribution in [0.1, 0.15) is 27.7 Å². The van der Waals surface area contributed by atoms with E-state index in [9.17, 15) is 9.67 Å². The number of aliphatic hydroxyl groups is 1. The maximum absolute atomic E-state index is 12.3. The van der Waals surface area contributed by atoms with Gasteiger partial charge in [-0.3, -0.25) is 4.57 Å². The molecule has 8 nitrogen and oxygen atoms in total. The summed E-state index contributed by atoms with van der Waals surface area (Å²) in [5, 5.41) is 10.1. The van der Waals surface area contributed by atoms with Crippen molar-refractivity contribution < 1.29 is 37.7 Å². The Hall–Kier alpha value is -0.0500. The third-order valence-electron chi connectivity index (χ3n) is 3.02. The van der Waals surface area contributed by atoms with Gasteiger partial charge in [0.15, 0.2) is 24.7 Å². The van der Waals surface area contributed by atoms with Crippen LogP contribution >= 0.6 is 7.60 Å². The van der Waals surface area contributed by atoms with Crippen LogP contribution in [0.15, 0.2) is 0 Å². The van der Waals surface area contributed by atoms with Gasteiger partial charge in [-0.15, -0.1) is 0 Å². The highest BCUT2D eigenvalue weighted by Crippen LogP contribution is 2.49. The van der Waals surface area contributed by atoms with E-state index in [-0.39, 0.29) is 19.6 Å². The van der Waals surface area contributed by atoms with Gasteiger partial charge in [0.05, 0.1) is 13.2 Å². The molecular weight excluding hydrogens is 303 g/mol. The minimum Gasteiger partial charge on any atom is -0.385 e. The molecule has 2 aliphatic heterocycles. The predicted octanol–water partition coefficient (Wildman–Crippen LogP) is 1.42. The molecule has 1 unspecified atom stereocenters. The Morgan fingerprint density at radius 3 is 2.33 bits per heavy atom. The molecule has 0 aromatic rings. The summed E-state index contributed by atoms with van der Waals surface area (Å²) in [5.74, 6) is -0.812. The summed E-state index contributed by atoms with van der Waals surface area (Å²) >= 11 is 0. The molecule has 0 aromatic carbocycles. The zero-order valence-electron chi connectivity index (χ0n) is 12.7. The average molecular weight is 326 g/mol. The second-order valence-corrected chi connectivity index (χ2v) is 7.20. The summed E-state index contributed by atoms with van der Waals surface area (Å²) in [7, 11) is -3.35. The summed E-state index contributed by atoms with van der Waals surface area (Å²) in [6.07, 6.45) is -3.68. The van der Waals surface area contributed by atoms with Crippen molar-refractivity contribution in [2.24, 2.45) is 0 Å². The first-order chi connectivity index (χ1) is 9.80. The molecule has 0 aliphatic carbocycles. The zero-order valence-corrected chi connectivity index (χ0v) is 13.6. The number of aliphatic hydroxyl groups excluding tert-OH is 1. The van der Waals surface area contributed by atoms with Gasteiger partial charge >= 0.3 is 7.60 Å². The van der Waals surface area contributed by atoms with E-state index in [0.717, 1.165) is 0 Å². The van der Waals surface area contributed by atoms with Gasteiger partial charge in [0, 0.05) is 0 Å². The van der Waals surface area contributed by atoms with Crippen molar-refractivity contribution in [3.8, 4) is 0 Å². The average Bonchev–Trinajstić information content (AvgIpc) is 2.82. The van der Waals surface area contributed by atoms with E-state index in [0.29, 0.717) is 0 Å². The van der Waals surface area contributed by atoms with E-state index in [1.165, 1.54) is 0 Å². The fourth-order valence-corrected chi connectivity index (χ4v) is 3.61. The molecule has 2 heterocycles. The fourth-order valence-electron chi connectivity index (χ4n) is 2.27. The number of ether oxygens (including phenoxy) is 4. The molecule has 9 heteroatoms. The van der Waals surface area contributed by atoms with Crippen molar-refractivity contribution in [2.45, 2.75) is 58.3 Å². The standard InChI is InChI=1S/C12H23O8P/c1-5-16-21(14,17-6-2)7-15-10-8(13)9-11(18-10)20-12(3,4)19-9/h8-11,13H,5-7H2,1-4H3/t8?,9-,10-,11-/m0/s1. The van der Waals surface area contributed by atoms with Crippen molar-refractivity contribution in [1.82, 2.24) is 0 Å². The van der Waals surface area contributed by atoms with Crippen LogP contribution in [0.2, 0.25) is 0 Å². The molecular formula is C12H23O8P. The maximum Gasteiger partial charge on any atom is 0.356 e. The van der Waals surface area contributed by atoms with E-state index in [2.05, 4.69) is 0 Å². The van der Waals surface area contributed by atoms with Gasteiger partial charge in [-0.2, -0.15) is 0 Å². The summed E-state index contributed by atoms with van der Waals surface area (Å²) in [4.78, 5) is 0. The molecule has 2 rings (SSSR count). The number of hydrogen-bond acceptors (Lipinski definition) is 8. The van der Waals surface area contributed by atoms with Gasteiger partial charge in [0.2, 0.25) is 0 Å². The summed E-state index contributed by atoms with van der Waals surface area (Å²) in [6, 6.07) is 0. The summed E-state index contributed by atoms with van der Waals surface area (Å²) in [6.45, 7) is 7.35. The third-order valence-corrected chi connectivity index (χ3v) is 4.79. The minimum atomic E-state index is -3.35. The maximum atomic E-state index is 12.3. The van der Waals surface area contributed by atoms with Crippen molar-refractivity contribution in [2.75, 3.05) is 19.6 Å². The lowest BCUT2D eigenvalue weighted by atomic mass is 10.2. The fraction of sp³-hybridized carbons (Fsp3) is 1.00. The molecule has 0 radical (unpaired) electrons. The second-order valence-electron chi connectivity index (χ2n) is 5.21. The normalized spacial score (nSPS) is 35.1. The van der Waals surface area contributed by atoms with Gasteiger partial charge in [0.1, 0.15) is 12.2 Å². The number of hydrogen-bond donors (Lipinski definition) is 1. The summed E-state index contributed by atoms with van der Waals surface area (Å²) in [5.41, 5.74) is 0. The monoisotopic (exact) mass is 326 g/mol. The zero-order chi connectivity index (χ0) is 15.7. The Labute approximate surface area is 124 Å². The van der Waals surface area contributed by atoms with Crippen LogP contribution in [0.25, 0.3) is 0 Å². The van der Waals surface area contributed by atoms with Gasteiger partial charge in [-0.25, -0.2) is 0 Å². The predicted molar refractivity (Wildman–Crippen MR) is 71.5 cm³/mol. The first-order valence-electron chi connectivity index (χ1n) is 6.99. The molecule has 4 atom stereocenters. The number of fused-ring (bicyclic) bond motifs is 1. The molecule has 2 saturated heterocycles. The van der Waals surface area contributed by atoms with E-state index in [1.54, 1.807) is 27.7 Å². The van der Waals surface area contributed by atoms with Crippen LogP contribution in [0.4, 0.5) is 0 Å². The molecule has 0 aromatic heterocycles. The Kier molecular flexibility index (Phi) is 5.44. The molecule has 2 fully saturated rings. The first-order valence-corrected chi connectivity index (χ1v) is 8.72. The van der Waals surface area contributed by atoms with Crippen LogP contribution in [0.3, 0.4) is 0 Å². The molecule has 2 aliphatic rings. The van der Waals surface area contributed by atoms with Crippen molar-refractivity contribution in [3.05, 3.63) is 0 Å². The van der Waals surface area contributed by atoms with E-state index in [4.69, 9.17) is 28.0 Å². The van der Waals surface area contributed by atoms with Crippen LogP contribution in [0, 0.1) is 0 Å². The van der Waals surface area contributed by atoms with Crippen LogP contribution < -0.4 is 0 Å². The van der Waals surface area contributed by atoms with Gasteiger partial charge in [0.25, 0.3) is 0 Å². The van der Waals surface area contributed by atoms with Crippen LogP contribution in [0.5, 0.6) is 0 Å². The Morgan fingerprint density at radius 2 is 1.81 bits per heavy atom. The van der Waals surface area contributed by atoms with Gasteiger partial charge < -0.3 is 33.1 Å². The van der Waals surface area contributed by atoms with E-state index >= 15 is 0 Å². The van der Waals surface area contributed by atoms with Crippen molar-refractivity contribution in [1.29, 1.82) is 0 Å². The lowest BCUT2D eigenvalue weighted by molar-refractivity contribution is -0.258. The lowest BCUT2D eigenvalue weighted by Gasteiger charge is -2.24. The molecule has 0 saturated carbocycles.